The van der Waals surface area contributed by atoms with Crippen LogP contribution in [0.2, 0.25) is 0 Å². The molecule has 2 rings (SSSR count). The Labute approximate surface area is 106 Å². The summed E-state index contributed by atoms with van der Waals surface area (Å²) in [5.74, 6) is 3.59. The molecule has 2 heterocycles. The number of thioether (sulfide) groups is 1. The fraction of sp³-hybridized carbons (Fsp3) is 0.750. The fourth-order valence-electron chi connectivity index (χ4n) is 2.00. The summed E-state index contributed by atoms with van der Waals surface area (Å²) < 4.78 is 0. The molecule has 4 heteroatoms. The summed E-state index contributed by atoms with van der Waals surface area (Å²) in [6, 6.07) is 0. The van der Waals surface area contributed by atoms with Crippen LogP contribution in [-0.4, -0.2) is 30.1 Å². The van der Waals surface area contributed by atoms with Crippen LogP contribution in [-0.2, 0) is 12.8 Å². The van der Waals surface area contributed by atoms with Crippen LogP contribution in [0.4, 0.5) is 0 Å². The zero-order valence-corrected chi connectivity index (χ0v) is 11.5. The average molecular weight is 256 g/mol. The van der Waals surface area contributed by atoms with Gasteiger partial charge in [0, 0.05) is 17.5 Å². The fourth-order valence-corrected chi connectivity index (χ4v) is 4.24. The molecule has 0 aromatic carbocycles. The van der Waals surface area contributed by atoms with Crippen molar-refractivity contribution in [3.63, 3.8) is 0 Å². The molecule has 0 spiro atoms. The average Bonchev–Trinajstić information content (AvgIpc) is 2.75. The minimum absolute atomic E-state index is 0.893. The summed E-state index contributed by atoms with van der Waals surface area (Å²) in [6.45, 7) is 1.06. The molecular formula is C12H20N2S2. The van der Waals surface area contributed by atoms with E-state index in [1.165, 1.54) is 40.7 Å². The Balaban J connectivity index is 1.81. The topological polar surface area (TPSA) is 24.9 Å². The lowest BCUT2D eigenvalue weighted by Gasteiger charge is -2.19. The van der Waals surface area contributed by atoms with Gasteiger partial charge in [-0.1, -0.05) is 0 Å². The Hall–Kier alpha value is -0.0600. The molecule has 16 heavy (non-hydrogen) atoms. The zero-order chi connectivity index (χ0) is 11.2. The van der Waals surface area contributed by atoms with Crippen LogP contribution in [0.3, 0.4) is 0 Å². The molecule has 2 nitrogen and oxygen atoms in total. The molecule has 1 aliphatic rings. The number of hydrogen-bond acceptors (Lipinski definition) is 4. The quantitative estimate of drug-likeness (QED) is 0.876. The van der Waals surface area contributed by atoms with Crippen molar-refractivity contribution in [3.8, 4) is 0 Å². The highest BCUT2D eigenvalue weighted by atomic mass is 32.2. The van der Waals surface area contributed by atoms with Gasteiger partial charge in [0.05, 0.1) is 5.01 Å². The lowest BCUT2D eigenvalue weighted by molar-refractivity contribution is 0.487. The number of hydrogen-bond donors (Lipinski definition) is 1. The van der Waals surface area contributed by atoms with E-state index in [0.717, 1.165) is 18.9 Å². The molecule has 0 amide bonds. The van der Waals surface area contributed by atoms with E-state index in [9.17, 15) is 0 Å². The van der Waals surface area contributed by atoms with Crippen molar-refractivity contribution in [1.29, 1.82) is 0 Å². The number of likely N-dealkylation sites (N-methyl/N-ethyl adjacent to an activating group) is 1. The molecule has 1 aromatic rings. The molecule has 1 fully saturated rings. The van der Waals surface area contributed by atoms with E-state index < -0.39 is 0 Å². The first-order valence-corrected chi connectivity index (χ1v) is 8.01. The van der Waals surface area contributed by atoms with E-state index in [2.05, 4.69) is 28.3 Å². The summed E-state index contributed by atoms with van der Waals surface area (Å²) in [6.07, 6.45) is 7.17. The van der Waals surface area contributed by atoms with Gasteiger partial charge in [-0.15, -0.1) is 11.3 Å². The first-order valence-electron chi connectivity index (χ1n) is 6.04. The normalized spacial score (nSPS) is 17.8. The van der Waals surface area contributed by atoms with Crippen LogP contribution in [0, 0.1) is 5.92 Å². The highest BCUT2D eigenvalue weighted by Gasteiger charge is 2.15. The lowest BCUT2D eigenvalue weighted by Crippen LogP contribution is -2.11. The Kier molecular flexibility index (Phi) is 5.13. The Bertz CT molecular complexity index is 306. The van der Waals surface area contributed by atoms with Crippen molar-refractivity contribution >= 4 is 23.1 Å². The van der Waals surface area contributed by atoms with Crippen molar-refractivity contribution in [2.24, 2.45) is 5.92 Å². The van der Waals surface area contributed by atoms with Crippen LogP contribution >= 0.6 is 23.1 Å². The predicted molar refractivity (Wildman–Crippen MR) is 73.5 cm³/mol. The van der Waals surface area contributed by atoms with Crippen LogP contribution in [0.15, 0.2) is 6.20 Å². The molecular weight excluding hydrogens is 236 g/mol. The van der Waals surface area contributed by atoms with Crippen LogP contribution in [0.5, 0.6) is 0 Å². The maximum Gasteiger partial charge on any atom is 0.0930 e. The second-order valence-corrected chi connectivity index (χ2v) is 6.76. The van der Waals surface area contributed by atoms with Crippen LogP contribution < -0.4 is 5.32 Å². The van der Waals surface area contributed by atoms with Gasteiger partial charge in [0.25, 0.3) is 0 Å². The van der Waals surface area contributed by atoms with Crippen molar-refractivity contribution in [2.45, 2.75) is 25.7 Å². The SMILES string of the molecule is CNCCc1cnc(CC2CCSCC2)s1. The number of aromatic nitrogens is 1. The van der Waals surface area contributed by atoms with Gasteiger partial charge < -0.3 is 5.32 Å². The largest absolute Gasteiger partial charge is 0.319 e. The van der Waals surface area contributed by atoms with Crippen molar-refractivity contribution in [1.82, 2.24) is 10.3 Å². The van der Waals surface area contributed by atoms with E-state index in [1.54, 1.807) is 0 Å². The number of nitrogens with zero attached hydrogens (tertiary/aromatic N) is 1. The predicted octanol–water partition coefficient (Wildman–Crippen LogP) is 2.59. The standard InChI is InChI=1S/C12H20N2S2/c1-13-5-2-11-9-14-12(16-11)8-10-3-6-15-7-4-10/h9-10,13H,2-8H2,1H3. The summed E-state index contributed by atoms with van der Waals surface area (Å²) in [4.78, 5) is 5.97. The third-order valence-electron chi connectivity index (χ3n) is 3.03. The van der Waals surface area contributed by atoms with E-state index in [4.69, 9.17) is 0 Å². The van der Waals surface area contributed by atoms with Gasteiger partial charge in [0.2, 0.25) is 0 Å². The number of thiazole rings is 1. The van der Waals surface area contributed by atoms with Gasteiger partial charge in [-0.25, -0.2) is 4.98 Å². The summed E-state index contributed by atoms with van der Waals surface area (Å²) in [5.41, 5.74) is 0. The van der Waals surface area contributed by atoms with Crippen LogP contribution in [0.1, 0.15) is 22.7 Å². The molecule has 0 unspecified atom stereocenters. The second-order valence-electron chi connectivity index (χ2n) is 4.33. The van der Waals surface area contributed by atoms with Gasteiger partial charge >= 0.3 is 0 Å². The lowest BCUT2D eigenvalue weighted by atomic mass is 9.99. The van der Waals surface area contributed by atoms with E-state index in [-0.39, 0.29) is 0 Å². The Morgan fingerprint density at radius 1 is 1.44 bits per heavy atom. The molecule has 90 valence electrons. The molecule has 0 aliphatic carbocycles. The van der Waals surface area contributed by atoms with Gasteiger partial charge in [-0.2, -0.15) is 11.8 Å². The number of nitrogens with one attached hydrogen (secondary N) is 1. The Morgan fingerprint density at radius 3 is 3.00 bits per heavy atom. The third kappa shape index (κ3) is 3.75. The van der Waals surface area contributed by atoms with Gasteiger partial charge in [0.15, 0.2) is 0 Å². The van der Waals surface area contributed by atoms with Crippen molar-refractivity contribution in [2.75, 3.05) is 25.1 Å². The molecule has 0 bridgehead atoms. The summed E-state index contributed by atoms with van der Waals surface area (Å²) >= 11 is 4.01. The second kappa shape index (κ2) is 6.62. The summed E-state index contributed by atoms with van der Waals surface area (Å²) in [5, 5.41) is 4.53. The maximum absolute atomic E-state index is 4.55. The van der Waals surface area contributed by atoms with Gasteiger partial charge in [-0.3, -0.25) is 0 Å². The molecule has 1 aliphatic heterocycles. The molecule has 0 saturated carbocycles. The minimum Gasteiger partial charge on any atom is -0.319 e. The first-order chi connectivity index (χ1) is 7.88. The minimum atomic E-state index is 0.893. The third-order valence-corrected chi connectivity index (χ3v) is 5.16. The highest BCUT2D eigenvalue weighted by Crippen LogP contribution is 2.27. The van der Waals surface area contributed by atoms with Gasteiger partial charge in [-0.05, 0) is 50.3 Å². The van der Waals surface area contributed by atoms with Crippen molar-refractivity contribution in [3.05, 3.63) is 16.1 Å². The number of rotatable bonds is 5. The smallest absolute Gasteiger partial charge is 0.0930 e. The molecule has 0 atom stereocenters. The molecule has 1 aromatic heterocycles. The summed E-state index contributed by atoms with van der Waals surface area (Å²) in [7, 11) is 2.00. The van der Waals surface area contributed by atoms with Crippen LogP contribution in [0.25, 0.3) is 0 Å². The van der Waals surface area contributed by atoms with Crippen molar-refractivity contribution < 1.29 is 0 Å². The monoisotopic (exact) mass is 256 g/mol. The van der Waals surface area contributed by atoms with E-state index >= 15 is 0 Å². The van der Waals surface area contributed by atoms with E-state index in [0.29, 0.717) is 0 Å². The highest BCUT2D eigenvalue weighted by molar-refractivity contribution is 7.99. The molecule has 1 saturated heterocycles. The van der Waals surface area contributed by atoms with E-state index in [1.807, 2.05) is 18.4 Å². The Morgan fingerprint density at radius 2 is 2.25 bits per heavy atom. The molecule has 0 radical (unpaired) electrons. The molecule has 1 N–H and O–H groups in total. The first kappa shape index (κ1) is 12.4. The maximum atomic E-state index is 4.55. The van der Waals surface area contributed by atoms with Gasteiger partial charge in [0.1, 0.15) is 0 Å². The zero-order valence-electron chi connectivity index (χ0n) is 9.87.